The van der Waals surface area contributed by atoms with Crippen LogP contribution in [0.3, 0.4) is 0 Å². The maximum Gasteiger partial charge on any atom is 0.387 e. The molecule has 0 heterocycles. The van der Waals surface area contributed by atoms with Crippen molar-refractivity contribution in [1.82, 2.24) is 0 Å². The highest BCUT2D eigenvalue weighted by Gasteiger charge is 2.06. The third-order valence-electron chi connectivity index (χ3n) is 3.56. The van der Waals surface area contributed by atoms with Crippen LogP contribution in [0, 0.1) is 0 Å². The zero-order valence-corrected chi connectivity index (χ0v) is 13.8. The molecule has 5 heteroatoms. The van der Waals surface area contributed by atoms with Crippen molar-refractivity contribution in [3.63, 3.8) is 0 Å². The molecule has 26 heavy (non-hydrogen) atoms. The van der Waals surface area contributed by atoms with E-state index in [-0.39, 0.29) is 5.75 Å². The summed E-state index contributed by atoms with van der Waals surface area (Å²) in [5.74, 6) is 0.106. The molecule has 0 aromatic heterocycles. The van der Waals surface area contributed by atoms with Crippen LogP contribution in [-0.4, -0.2) is 18.5 Å². The molecular formula is C21H16F2N2O. The molecule has 0 amide bonds. The minimum absolute atomic E-state index is 0.106. The molecule has 0 N–H and O–H groups in total. The maximum absolute atomic E-state index is 12.2. The average Bonchev–Trinajstić information content (AvgIpc) is 2.67. The zero-order valence-electron chi connectivity index (χ0n) is 13.8. The second-order valence-electron chi connectivity index (χ2n) is 5.37. The van der Waals surface area contributed by atoms with Crippen molar-refractivity contribution in [3.05, 3.63) is 102 Å². The van der Waals surface area contributed by atoms with Gasteiger partial charge < -0.3 is 4.74 Å². The topological polar surface area (TPSA) is 34.0 Å². The van der Waals surface area contributed by atoms with Crippen molar-refractivity contribution in [2.45, 2.75) is 6.61 Å². The number of hydrogen-bond donors (Lipinski definition) is 0. The van der Waals surface area contributed by atoms with Gasteiger partial charge in [-0.15, -0.1) is 5.10 Å². The van der Waals surface area contributed by atoms with Gasteiger partial charge in [-0.1, -0.05) is 60.7 Å². The van der Waals surface area contributed by atoms with Crippen LogP contribution in [-0.2, 0) is 0 Å². The highest BCUT2D eigenvalue weighted by Crippen LogP contribution is 2.14. The zero-order chi connectivity index (χ0) is 18.2. The minimum Gasteiger partial charge on any atom is -0.435 e. The smallest absolute Gasteiger partial charge is 0.387 e. The second kappa shape index (κ2) is 8.67. The van der Waals surface area contributed by atoms with E-state index >= 15 is 0 Å². The van der Waals surface area contributed by atoms with Crippen LogP contribution in [0.15, 0.2) is 95.1 Å². The summed E-state index contributed by atoms with van der Waals surface area (Å²) in [4.78, 5) is 0. The summed E-state index contributed by atoms with van der Waals surface area (Å²) in [5, 5.41) is 8.52. The molecule has 0 aliphatic rings. The highest BCUT2D eigenvalue weighted by molar-refractivity contribution is 6.12. The lowest BCUT2D eigenvalue weighted by molar-refractivity contribution is -0.0498. The molecule has 0 bridgehead atoms. The van der Waals surface area contributed by atoms with E-state index < -0.39 is 6.61 Å². The molecule has 0 saturated carbocycles. The number of ether oxygens (including phenoxy) is 1. The first-order chi connectivity index (χ1) is 12.7. The lowest BCUT2D eigenvalue weighted by atomic mass is 10.0. The van der Waals surface area contributed by atoms with E-state index in [1.807, 2.05) is 60.7 Å². The maximum atomic E-state index is 12.2. The van der Waals surface area contributed by atoms with E-state index in [1.54, 1.807) is 18.3 Å². The Hall–Kier alpha value is -3.34. The molecule has 0 radical (unpaired) electrons. The first kappa shape index (κ1) is 17.5. The molecule has 0 aliphatic carbocycles. The van der Waals surface area contributed by atoms with Crippen LogP contribution in [0.1, 0.15) is 16.7 Å². The van der Waals surface area contributed by atoms with Gasteiger partial charge in [-0.3, -0.25) is 0 Å². The van der Waals surface area contributed by atoms with Crippen molar-refractivity contribution < 1.29 is 13.5 Å². The van der Waals surface area contributed by atoms with E-state index in [0.717, 1.165) is 22.4 Å². The Kier molecular flexibility index (Phi) is 5.83. The monoisotopic (exact) mass is 350 g/mol. The summed E-state index contributed by atoms with van der Waals surface area (Å²) < 4.78 is 28.7. The average molecular weight is 350 g/mol. The van der Waals surface area contributed by atoms with Crippen LogP contribution in [0.2, 0.25) is 0 Å². The van der Waals surface area contributed by atoms with Crippen molar-refractivity contribution in [1.29, 1.82) is 0 Å². The molecule has 0 unspecified atom stereocenters. The van der Waals surface area contributed by atoms with Crippen molar-refractivity contribution in [3.8, 4) is 5.75 Å². The van der Waals surface area contributed by atoms with E-state index in [9.17, 15) is 8.78 Å². The third kappa shape index (κ3) is 4.83. The molecular weight excluding hydrogens is 334 g/mol. The van der Waals surface area contributed by atoms with Crippen LogP contribution in [0.25, 0.3) is 0 Å². The van der Waals surface area contributed by atoms with Crippen molar-refractivity contribution >= 4 is 11.9 Å². The summed E-state index contributed by atoms with van der Waals surface area (Å²) in [5.41, 5.74) is 3.39. The van der Waals surface area contributed by atoms with Crippen LogP contribution in [0.4, 0.5) is 8.78 Å². The van der Waals surface area contributed by atoms with E-state index in [2.05, 4.69) is 14.9 Å². The predicted molar refractivity (Wildman–Crippen MR) is 99.2 cm³/mol. The van der Waals surface area contributed by atoms with Gasteiger partial charge in [0.1, 0.15) is 11.5 Å². The lowest BCUT2D eigenvalue weighted by Crippen LogP contribution is -2.02. The molecule has 3 aromatic carbocycles. The van der Waals surface area contributed by atoms with Gasteiger partial charge in [-0.2, -0.15) is 13.9 Å². The highest BCUT2D eigenvalue weighted by atomic mass is 19.3. The Labute approximate surface area is 150 Å². The SMILES string of the molecule is FC(F)Oc1ccc(/C=N\N=C(c2ccccc2)c2ccccc2)cc1. The van der Waals surface area contributed by atoms with Gasteiger partial charge in [-0.25, -0.2) is 0 Å². The molecule has 3 nitrogen and oxygen atoms in total. The van der Waals surface area contributed by atoms with Gasteiger partial charge >= 0.3 is 6.61 Å². The number of rotatable bonds is 6. The largest absolute Gasteiger partial charge is 0.435 e. The summed E-state index contributed by atoms with van der Waals surface area (Å²) in [7, 11) is 0. The van der Waals surface area contributed by atoms with E-state index in [1.165, 1.54) is 12.1 Å². The number of benzene rings is 3. The summed E-state index contributed by atoms with van der Waals surface area (Å²) in [6.07, 6.45) is 1.57. The third-order valence-corrected chi connectivity index (χ3v) is 3.56. The van der Waals surface area contributed by atoms with Gasteiger partial charge in [0.25, 0.3) is 0 Å². The lowest BCUT2D eigenvalue weighted by Gasteiger charge is -2.05. The standard InChI is InChI=1S/C21H16F2N2O/c22-21(23)26-19-13-11-16(12-14-19)15-24-25-20(17-7-3-1-4-8-17)18-9-5-2-6-10-18/h1-15,21H/b24-15-. The fourth-order valence-electron chi connectivity index (χ4n) is 2.36. The predicted octanol–water partition coefficient (Wildman–Crippen LogP) is 5.16. The molecule has 0 fully saturated rings. The molecule has 0 saturated heterocycles. The van der Waals surface area contributed by atoms with E-state index in [0.29, 0.717) is 0 Å². The summed E-state index contributed by atoms with van der Waals surface area (Å²) >= 11 is 0. The Balaban J connectivity index is 1.83. The number of hydrogen-bond acceptors (Lipinski definition) is 3. The first-order valence-corrected chi connectivity index (χ1v) is 7.99. The van der Waals surface area contributed by atoms with Gasteiger partial charge in [0.2, 0.25) is 0 Å². The van der Waals surface area contributed by atoms with Crippen molar-refractivity contribution in [2.24, 2.45) is 10.2 Å². The quantitative estimate of drug-likeness (QED) is 0.447. The fourth-order valence-corrected chi connectivity index (χ4v) is 2.36. The Morgan fingerprint density at radius 3 is 1.81 bits per heavy atom. The van der Waals surface area contributed by atoms with Crippen LogP contribution < -0.4 is 4.74 Å². The fraction of sp³-hybridized carbons (Fsp3) is 0.0476. The Morgan fingerprint density at radius 2 is 1.31 bits per heavy atom. The molecule has 130 valence electrons. The Morgan fingerprint density at radius 1 is 0.769 bits per heavy atom. The number of nitrogens with zero attached hydrogens (tertiary/aromatic N) is 2. The van der Waals surface area contributed by atoms with Crippen LogP contribution in [0.5, 0.6) is 5.75 Å². The molecule has 0 aliphatic heterocycles. The minimum atomic E-state index is -2.83. The number of halogens is 2. The van der Waals surface area contributed by atoms with E-state index in [4.69, 9.17) is 0 Å². The van der Waals surface area contributed by atoms with Gasteiger partial charge in [-0.05, 0) is 29.8 Å². The van der Waals surface area contributed by atoms with Gasteiger partial charge in [0.15, 0.2) is 0 Å². The normalized spacial score (nSPS) is 10.9. The van der Waals surface area contributed by atoms with Crippen molar-refractivity contribution in [2.75, 3.05) is 0 Å². The van der Waals surface area contributed by atoms with Gasteiger partial charge in [0.05, 0.1) is 6.21 Å². The molecule has 3 rings (SSSR count). The number of alkyl halides is 2. The first-order valence-electron chi connectivity index (χ1n) is 7.99. The Bertz CT molecular complexity index is 835. The molecule has 0 spiro atoms. The van der Waals surface area contributed by atoms with Crippen LogP contribution >= 0.6 is 0 Å². The molecule has 3 aromatic rings. The second-order valence-corrected chi connectivity index (χ2v) is 5.37. The van der Waals surface area contributed by atoms with Gasteiger partial charge in [0, 0.05) is 11.1 Å². The summed E-state index contributed by atoms with van der Waals surface area (Å²) in [6.45, 7) is -2.83. The molecule has 0 atom stereocenters. The summed E-state index contributed by atoms with van der Waals surface area (Å²) in [6, 6.07) is 25.8.